The zero-order valence-corrected chi connectivity index (χ0v) is 19.7. The highest BCUT2D eigenvalue weighted by Gasteiger charge is 2.19. The molecule has 0 radical (unpaired) electrons. The Hall–Kier alpha value is -3.31. The van der Waals surface area contributed by atoms with Gasteiger partial charge in [-0.3, -0.25) is 4.79 Å². The fraction of sp³-hybridized carbons (Fsp3) is 0.259. The number of ether oxygens (including phenoxy) is 1. The molecule has 0 saturated heterocycles. The summed E-state index contributed by atoms with van der Waals surface area (Å²) in [6.07, 6.45) is 1.86. The van der Waals surface area contributed by atoms with Crippen LogP contribution in [0.1, 0.15) is 47.6 Å². The predicted molar refractivity (Wildman–Crippen MR) is 133 cm³/mol. The molecule has 1 unspecified atom stereocenters. The third kappa shape index (κ3) is 5.74. The van der Waals surface area contributed by atoms with Crippen molar-refractivity contribution < 1.29 is 9.53 Å². The zero-order chi connectivity index (χ0) is 23.2. The first-order valence-corrected chi connectivity index (χ1v) is 11.6. The van der Waals surface area contributed by atoms with Crippen LogP contribution < -0.4 is 10.1 Å². The van der Waals surface area contributed by atoms with Crippen LogP contribution in [0.15, 0.2) is 72.8 Å². The first-order chi connectivity index (χ1) is 16.0. The SMILES string of the molecule is Cc1ccc(OCCCCn2c(C(C)NC(=O)c3cccc(Cl)c3)nc3ccccc32)cc1. The molecule has 33 heavy (non-hydrogen) atoms. The Morgan fingerprint density at radius 3 is 2.64 bits per heavy atom. The number of hydrogen-bond acceptors (Lipinski definition) is 3. The Kier molecular flexibility index (Phi) is 7.30. The van der Waals surface area contributed by atoms with E-state index >= 15 is 0 Å². The number of unbranched alkanes of at least 4 members (excludes halogenated alkanes) is 1. The molecule has 1 N–H and O–H groups in total. The van der Waals surface area contributed by atoms with Crippen LogP contribution in [0.25, 0.3) is 11.0 Å². The molecule has 3 aromatic carbocycles. The van der Waals surface area contributed by atoms with Crippen LogP contribution in [0.3, 0.4) is 0 Å². The van der Waals surface area contributed by atoms with Gasteiger partial charge in [0.25, 0.3) is 5.91 Å². The van der Waals surface area contributed by atoms with Gasteiger partial charge in [0.2, 0.25) is 0 Å². The zero-order valence-electron chi connectivity index (χ0n) is 18.9. The molecule has 170 valence electrons. The monoisotopic (exact) mass is 461 g/mol. The highest BCUT2D eigenvalue weighted by molar-refractivity contribution is 6.30. The Morgan fingerprint density at radius 2 is 1.85 bits per heavy atom. The van der Waals surface area contributed by atoms with Crippen molar-refractivity contribution >= 4 is 28.5 Å². The maximum absolute atomic E-state index is 12.7. The van der Waals surface area contributed by atoms with Crippen LogP contribution >= 0.6 is 11.6 Å². The number of nitrogens with one attached hydrogen (secondary N) is 1. The van der Waals surface area contributed by atoms with Crippen molar-refractivity contribution in [2.75, 3.05) is 6.61 Å². The van der Waals surface area contributed by atoms with Gasteiger partial charge >= 0.3 is 0 Å². The van der Waals surface area contributed by atoms with Gasteiger partial charge in [0.15, 0.2) is 0 Å². The number of nitrogens with zero attached hydrogens (tertiary/aromatic N) is 2. The summed E-state index contributed by atoms with van der Waals surface area (Å²) in [5.41, 5.74) is 3.74. The topological polar surface area (TPSA) is 56.1 Å². The third-order valence-corrected chi connectivity index (χ3v) is 5.81. The van der Waals surface area contributed by atoms with E-state index in [1.54, 1.807) is 24.3 Å². The van der Waals surface area contributed by atoms with E-state index in [9.17, 15) is 4.79 Å². The number of fused-ring (bicyclic) bond motifs is 1. The standard InChI is InChI=1S/C27H28ClN3O2/c1-19-12-14-23(15-13-19)33-17-6-5-16-31-25-11-4-3-10-24(25)30-26(31)20(2)29-27(32)21-8-7-9-22(28)18-21/h3-4,7-15,18,20H,5-6,16-17H2,1-2H3,(H,29,32). The first kappa shape index (κ1) is 22.9. The van der Waals surface area contributed by atoms with Gasteiger partial charge in [-0.25, -0.2) is 4.98 Å². The van der Waals surface area contributed by atoms with Crippen LogP contribution in [-0.2, 0) is 6.54 Å². The van der Waals surface area contributed by atoms with Crippen molar-refractivity contribution in [2.24, 2.45) is 0 Å². The van der Waals surface area contributed by atoms with Crippen LogP contribution in [0.5, 0.6) is 5.75 Å². The summed E-state index contributed by atoms with van der Waals surface area (Å²) in [6.45, 7) is 5.48. The largest absolute Gasteiger partial charge is 0.494 e. The van der Waals surface area contributed by atoms with E-state index in [4.69, 9.17) is 21.3 Å². The molecule has 1 aromatic heterocycles. The van der Waals surface area contributed by atoms with E-state index in [0.29, 0.717) is 17.2 Å². The average molecular weight is 462 g/mol. The van der Waals surface area contributed by atoms with Crippen molar-refractivity contribution in [1.29, 1.82) is 0 Å². The highest BCUT2D eigenvalue weighted by Crippen LogP contribution is 2.22. The van der Waals surface area contributed by atoms with Crippen LogP contribution in [0, 0.1) is 6.92 Å². The van der Waals surface area contributed by atoms with Crippen molar-refractivity contribution in [1.82, 2.24) is 14.9 Å². The Morgan fingerprint density at radius 1 is 1.06 bits per heavy atom. The van der Waals surface area contributed by atoms with Gasteiger partial charge in [0.1, 0.15) is 11.6 Å². The molecule has 0 spiro atoms. The number of carbonyl (C=O) groups excluding carboxylic acids is 1. The summed E-state index contributed by atoms with van der Waals surface area (Å²) in [4.78, 5) is 17.6. The molecule has 0 aliphatic carbocycles. The van der Waals surface area contributed by atoms with Gasteiger partial charge in [-0.05, 0) is 69.2 Å². The van der Waals surface area contributed by atoms with Gasteiger partial charge < -0.3 is 14.6 Å². The van der Waals surface area contributed by atoms with Gasteiger partial charge in [0, 0.05) is 17.1 Å². The summed E-state index contributed by atoms with van der Waals surface area (Å²) in [5, 5.41) is 3.60. The maximum Gasteiger partial charge on any atom is 0.251 e. The minimum Gasteiger partial charge on any atom is -0.494 e. The van der Waals surface area contributed by atoms with Gasteiger partial charge in [-0.2, -0.15) is 0 Å². The summed E-state index contributed by atoms with van der Waals surface area (Å²) in [7, 11) is 0. The second kappa shape index (κ2) is 10.5. The fourth-order valence-corrected chi connectivity index (χ4v) is 4.02. The number of halogens is 1. The molecular formula is C27H28ClN3O2. The minimum atomic E-state index is -0.257. The Balaban J connectivity index is 1.42. The van der Waals surface area contributed by atoms with Crippen LogP contribution in [0.4, 0.5) is 0 Å². The lowest BCUT2D eigenvalue weighted by molar-refractivity contribution is 0.0937. The molecule has 0 aliphatic rings. The van der Waals surface area contributed by atoms with Crippen molar-refractivity contribution in [3.8, 4) is 5.75 Å². The number of aromatic nitrogens is 2. The molecule has 0 fully saturated rings. The molecule has 1 amide bonds. The number of amides is 1. The van der Waals surface area contributed by atoms with E-state index < -0.39 is 0 Å². The number of carbonyl (C=O) groups is 1. The lowest BCUT2D eigenvalue weighted by atomic mass is 10.2. The average Bonchev–Trinajstić information content (AvgIpc) is 3.19. The molecular weight excluding hydrogens is 434 g/mol. The number of benzene rings is 3. The molecule has 1 heterocycles. The summed E-state index contributed by atoms with van der Waals surface area (Å²) in [6, 6.07) is 22.9. The second-order valence-corrected chi connectivity index (χ2v) is 8.62. The number of hydrogen-bond donors (Lipinski definition) is 1. The third-order valence-electron chi connectivity index (χ3n) is 5.57. The molecule has 4 rings (SSSR count). The number of para-hydroxylation sites is 2. The normalized spacial score (nSPS) is 12.0. The van der Waals surface area contributed by atoms with E-state index in [0.717, 1.165) is 42.0 Å². The highest BCUT2D eigenvalue weighted by atomic mass is 35.5. The minimum absolute atomic E-state index is 0.171. The molecule has 5 nitrogen and oxygen atoms in total. The summed E-state index contributed by atoms with van der Waals surface area (Å²) >= 11 is 6.04. The lowest BCUT2D eigenvalue weighted by Crippen LogP contribution is -2.28. The molecule has 0 bridgehead atoms. The lowest BCUT2D eigenvalue weighted by Gasteiger charge is -2.17. The second-order valence-electron chi connectivity index (χ2n) is 8.18. The summed E-state index contributed by atoms with van der Waals surface area (Å²) < 4.78 is 8.06. The predicted octanol–water partition coefficient (Wildman–Crippen LogP) is 6.35. The molecule has 0 saturated carbocycles. The molecule has 6 heteroatoms. The van der Waals surface area contributed by atoms with Crippen molar-refractivity contribution in [3.05, 3.63) is 94.8 Å². The smallest absolute Gasteiger partial charge is 0.251 e. The van der Waals surface area contributed by atoms with Gasteiger partial charge in [0.05, 0.1) is 23.7 Å². The number of imidazole rings is 1. The fourth-order valence-electron chi connectivity index (χ4n) is 3.83. The van der Waals surface area contributed by atoms with Crippen LogP contribution in [0.2, 0.25) is 5.02 Å². The quantitative estimate of drug-likeness (QED) is 0.295. The van der Waals surface area contributed by atoms with E-state index in [1.807, 2.05) is 37.3 Å². The first-order valence-electron chi connectivity index (χ1n) is 11.2. The Labute approximate surface area is 199 Å². The van der Waals surface area contributed by atoms with Gasteiger partial charge in [-0.1, -0.05) is 47.5 Å². The van der Waals surface area contributed by atoms with E-state index in [1.165, 1.54) is 5.56 Å². The van der Waals surface area contributed by atoms with E-state index in [2.05, 4.69) is 35.0 Å². The van der Waals surface area contributed by atoms with Gasteiger partial charge in [-0.15, -0.1) is 0 Å². The molecule has 0 aliphatic heterocycles. The van der Waals surface area contributed by atoms with Crippen molar-refractivity contribution in [2.45, 2.75) is 39.3 Å². The van der Waals surface area contributed by atoms with E-state index in [-0.39, 0.29) is 11.9 Å². The van der Waals surface area contributed by atoms with Crippen LogP contribution in [-0.4, -0.2) is 22.1 Å². The Bertz CT molecular complexity index is 1230. The maximum atomic E-state index is 12.7. The van der Waals surface area contributed by atoms with Crippen molar-refractivity contribution in [3.63, 3.8) is 0 Å². The number of aryl methyl sites for hydroxylation is 2. The molecule has 4 aromatic rings. The summed E-state index contributed by atoms with van der Waals surface area (Å²) in [5.74, 6) is 1.56. The molecule has 1 atom stereocenters. The number of rotatable bonds is 9.